The van der Waals surface area contributed by atoms with E-state index in [9.17, 15) is 0 Å². The lowest BCUT2D eigenvalue weighted by Crippen LogP contribution is -2.18. The molecule has 21 heavy (non-hydrogen) atoms. The minimum Gasteiger partial charge on any atom is -0.486 e. The number of nitrogens with two attached hydrogens (primary N) is 1. The topological polar surface area (TPSA) is 44.5 Å². The molecule has 0 fully saturated rings. The van der Waals surface area contributed by atoms with Gasteiger partial charge in [-0.05, 0) is 35.2 Å². The molecule has 1 heterocycles. The van der Waals surface area contributed by atoms with E-state index >= 15 is 0 Å². The number of ether oxygens (including phenoxy) is 2. The van der Waals surface area contributed by atoms with E-state index in [0.29, 0.717) is 13.2 Å². The minimum atomic E-state index is -0.189. The molecule has 0 aliphatic carbocycles. The Morgan fingerprint density at radius 1 is 1.10 bits per heavy atom. The summed E-state index contributed by atoms with van der Waals surface area (Å²) in [6.45, 7) is 3.31. The maximum atomic E-state index is 6.50. The first-order chi connectivity index (χ1) is 10.2. The average Bonchev–Trinajstić information content (AvgIpc) is 2.53. The summed E-state index contributed by atoms with van der Waals surface area (Å²) in [6.07, 6.45) is 0.964. The third kappa shape index (κ3) is 2.78. The van der Waals surface area contributed by atoms with Crippen LogP contribution in [-0.2, 0) is 6.42 Å². The van der Waals surface area contributed by atoms with Crippen LogP contribution in [0.2, 0.25) is 0 Å². The van der Waals surface area contributed by atoms with Crippen molar-refractivity contribution in [3.05, 3.63) is 57.6 Å². The Kier molecular flexibility index (Phi) is 4.17. The summed E-state index contributed by atoms with van der Waals surface area (Å²) in [6, 6.07) is 12.0. The van der Waals surface area contributed by atoms with Crippen molar-refractivity contribution in [3.63, 3.8) is 0 Å². The molecule has 2 aromatic rings. The molecule has 0 bridgehead atoms. The van der Waals surface area contributed by atoms with Crippen LogP contribution in [0.5, 0.6) is 11.5 Å². The number of aryl methyl sites for hydroxylation is 1. The average molecular weight is 348 g/mol. The lowest BCUT2D eigenvalue weighted by Gasteiger charge is -2.23. The summed E-state index contributed by atoms with van der Waals surface area (Å²) in [5, 5.41) is 0. The van der Waals surface area contributed by atoms with Gasteiger partial charge in [-0.1, -0.05) is 47.1 Å². The van der Waals surface area contributed by atoms with Gasteiger partial charge in [-0.15, -0.1) is 0 Å². The van der Waals surface area contributed by atoms with Crippen molar-refractivity contribution < 1.29 is 9.47 Å². The lowest BCUT2D eigenvalue weighted by molar-refractivity contribution is 0.171. The van der Waals surface area contributed by atoms with Crippen LogP contribution in [0.4, 0.5) is 0 Å². The van der Waals surface area contributed by atoms with Gasteiger partial charge in [0, 0.05) is 4.47 Å². The van der Waals surface area contributed by atoms with E-state index in [1.165, 1.54) is 5.56 Å². The Labute approximate surface area is 133 Å². The zero-order chi connectivity index (χ0) is 14.8. The normalized spacial score (nSPS) is 14.8. The molecule has 3 rings (SSSR count). The molecule has 3 nitrogen and oxygen atoms in total. The molecule has 1 atom stereocenters. The van der Waals surface area contributed by atoms with Gasteiger partial charge in [0.15, 0.2) is 11.5 Å². The van der Waals surface area contributed by atoms with Crippen molar-refractivity contribution in [1.29, 1.82) is 0 Å². The maximum Gasteiger partial charge on any atom is 0.162 e. The fraction of sp³-hybridized carbons (Fsp3) is 0.294. The molecule has 4 heteroatoms. The second-order valence-corrected chi connectivity index (χ2v) is 5.90. The number of hydrogen-bond donors (Lipinski definition) is 1. The maximum absolute atomic E-state index is 6.50. The van der Waals surface area contributed by atoms with Gasteiger partial charge in [0.1, 0.15) is 13.2 Å². The molecular weight excluding hydrogens is 330 g/mol. The van der Waals surface area contributed by atoms with Crippen LogP contribution in [0.25, 0.3) is 0 Å². The summed E-state index contributed by atoms with van der Waals surface area (Å²) in [7, 11) is 0. The van der Waals surface area contributed by atoms with Crippen LogP contribution >= 0.6 is 15.9 Å². The van der Waals surface area contributed by atoms with Gasteiger partial charge < -0.3 is 15.2 Å². The highest BCUT2D eigenvalue weighted by Gasteiger charge is 2.20. The summed E-state index contributed by atoms with van der Waals surface area (Å²) in [5.74, 6) is 1.54. The highest BCUT2D eigenvalue weighted by atomic mass is 79.9. The standard InChI is InChI=1S/C17H18BrNO2/c1-2-11-5-3-4-6-12(11)17(19)13-9-15-16(10-14(13)18)21-8-7-20-15/h3-6,9-10,17H,2,7-8,19H2,1H3. The quantitative estimate of drug-likeness (QED) is 0.917. The van der Waals surface area contributed by atoms with Gasteiger partial charge in [0.2, 0.25) is 0 Å². The van der Waals surface area contributed by atoms with Crippen LogP contribution in [-0.4, -0.2) is 13.2 Å². The molecule has 2 N–H and O–H groups in total. The van der Waals surface area contributed by atoms with Crippen molar-refractivity contribution in [1.82, 2.24) is 0 Å². The molecule has 0 amide bonds. The molecular formula is C17H18BrNO2. The highest BCUT2D eigenvalue weighted by molar-refractivity contribution is 9.10. The predicted molar refractivity (Wildman–Crippen MR) is 87.0 cm³/mol. The van der Waals surface area contributed by atoms with Crippen molar-refractivity contribution in [2.75, 3.05) is 13.2 Å². The molecule has 0 spiro atoms. The Bertz CT molecular complexity index is 657. The first-order valence-corrected chi connectivity index (χ1v) is 7.92. The Morgan fingerprint density at radius 3 is 2.48 bits per heavy atom. The molecule has 0 radical (unpaired) electrons. The van der Waals surface area contributed by atoms with E-state index in [-0.39, 0.29) is 6.04 Å². The number of fused-ring (bicyclic) bond motifs is 1. The summed E-state index contributed by atoms with van der Waals surface area (Å²) < 4.78 is 12.2. The van der Waals surface area contributed by atoms with E-state index in [2.05, 4.69) is 35.0 Å². The van der Waals surface area contributed by atoms with Crippen molar-refractivity contribution in [3.8, 4) is 11.5 Å². The van der Waals surface area contributed by atoms with Gasteiger partial charge in [0.05, 0.1) is 6.04 Å². The van der Waals surface area contributed by atoms with Gasteiger partial charge in [0.25, 0.3) is 0 Å². The van der Waals surface area contributed by atoms with Gasteiger partial charge in [-0.3, -0.25) is 0 Å². The largest absolute Gasteiger partial charge is 0.486 e. The fourth-order valence-electron chi connectivity index (χ4n) is 2.65. The zero-order valence-electron chi connectivity index (χ0n) is 11.9. The van der Waals surface area contributed by atoms with E-state index in [4.69, 9.17) is 15.2 Å². The second kappa shape index (κ2) is 6.08. The van der Waals surface area contributed by atoms with E-state index < -0.39 is 0 Å². The van der Waals surface area contributed by atoms with Gasteiger partial charge in [-0.25, -0.2) is 0 Å². The Hall–Kier alpha value is -1.52. The first-order valence-electron chi connectivity index (χ1n) is 7.13. The third-order valence-corrected chi connectivity index (χ3v) is 4.45. The molecule has 0 aromatic heterocycles. The van der Waals surface area contributed by atoms with Crippen LogP contribution in [0.3, 0.4) is 0 Å². The van der Waals surface area contributed by atoms with Crippen LogP contribution in [0, 0.1) is 0 Å². The molecule has 110 valence electrons. The van der Waals surface area contributed by atoms with Crippen LogP contribution in [0.15, 0.2) is 40.9 Å². The first kappa shape index (κ1) is 14.4. The van der Waals surface area contributed by atoms with E-state index in [1.807, 2.05) is 24.3 Å². The smallest absolute Gasteiger partial charge is 0.162 e. The fourth-order valence-corrected chi connectivity index (χ4v) is 3.21. The predicted octanol–water partition coefficient (Wildman–Crippen LogP) is 3.83. The molecule has 1 aliphatic heterocycles. The number of benzene rings is 2. The monoisotopic (exact) mass is 347 g/mol. The van der Waals surface area contributed by atoms with E-state index in [0.717, 1.165) is 33.5 Å². The summed E-state index contributed by atoms with van der Waals surface area (Å²) in [5.41, 5.74) is 9.93. The van der Waals surface area contributed by atoms with Crippen molar-refractivity contribution in [2.45, 2.75) is 19.4 Å². The molecule has 0 saturated heterocycles. The SMILES string of the molecule is CCc1ccccc1C(N)c1cc2c(cc1Br)OCCO2. The van der Waals surface area contributed by atoms with Crippen LogP contribution in [0.1, 0.15) is 29.7 Å². The number of halogens is 1. The minimum absolute atomic E-state index is 0.189. The number of hydrogen-bond acceptors (Lipinski definition) is 3. The molecule has 1 aliphatic rings. The number of rotatable bonds is 3. The van der Waals surface area contributed by atoms with Crippen LogP contribution < -0.4 is 15.2 Å². The lowest BCUT2D eigenvalue weighted by atomic mass is 9.94. The summed E-state index contributed by atoms with van der Waals surface area (Å²) >= 11 is 3.60. The van der Waals surface area contributed by atoms with Gasteiger partial charge >= 0.3 is 0 Å². The molecule has 0 saturated carbocycles. The van der Waals surface area contributed by atoms with Crippen molar-refractivity contribution in [2.24, 2.45) is 5.73 Å². The Morgan fingerprint density at radius 2 is 1.76 bits per heavy atom. The zero-order valence-corrected chi connectivity index (χ0v) is 13.5. The molecule has 2 aromatic carbocycles. The molecule has 1 unspecified atom stereocenters. The highest BCUT2D eigenvalue weighted by Crippen LogP contribution is 2.39. The Balaban J connectivity index is 2.03. The van der Waals surface area contributed by atoms with Crippen molar-refractivity contribution >= 4 is 15.9 Å². The van der Waals surface area contributed by atoms with Gasteiger partial charge in [-0.2, -0.15) is 0 Å². The third-order valence-electron chi connectivity index (χ3n) is 3.77. The summed E-state index contributed by atoms with van der Waals surface area (Å²) in [4.78, 5) is 0. The van der Waals surface area contributed by atoms with E-state index in [1.54, 1.807) is 0 Å². The second-order valence-electron chi connectivity index (χ2n) is 5.05.